The molecule has 8 nitrogen and oxygen atoms in total. The van der Waals surface area contributed by atoms with Gasteiger partial charge in [-0.25, -0.2) is 8.42 Å². The van der Waals surface area contributed by atoms with Crippen molar-refractivity contribution in [1.82, 2.24) is 18.7 Å². The zero-order chi connectivity index (χ0) is 18.9. The summed E-state index contributed by atoms with van der Waals surface area (Å²) in [5, 5.41) is 0. The normalized spacial score (nSPS) is 19.6. The molecule has 1 saturated heterocycles. The van der Waals surface area contributed by atoms with E-state index in [1.54, 1.807) is 22.8 Å². The molecule has 0 radical (unpaired) electrons. The smallest absolute Gasteiger partial charge is 0.270 e. The van der Waals surface area contributed by atoms with E-state index in [1.165, 1.54) is 10.6 Å². The van der Waals surface area contributed by atoms with Gasteiger partial charge in [0.2, 0.25) is 15.9 Å². The Labute approximate surface area is 154 Å². The van der Waals surface area contributed by atoms with Crippen molar-refractivity contribution in [3.8, 4) is 0 Å². The van der Waals surface area contributed by atoms with E-state index >= 15 is 0 Å². The summed E-state index contributed by atoms with van der Waals surface area (Å²) in [6, 6.07) is 3.63. The summed E-state index contributed by atoms with van der Waals surface area (Å²) in [5.74, 6) is -0.00817. The number of carbonyl (C=O) groups is 2. The van der Waals surface area contributed by atoms with Crippen LogP contribution in [0.25, 0.3) is 0 Å². The molecule has 144 valence electrons. The van der Waals surface area contributed by atoms with Gasteiger partial charge in [-0.15, -0.1) is 0 Å². The number of aromatic nitrogens is 1. The fourth-order valence-electron chi connectivity index (χ4n) is 3.64. The Morgan fingerprint density at radius 1 is 0.923 bits per heavy atom. The van der Waals surface area contributed by atoms with Crippen LogP contribution in [0.4, 0.5) is 0 Å². The minimum absolute atomic E-state index is 0.0386. The number of fused-ring (bicyclic) bond motifs is 1. The lowest BCUT2D eigenvalue weighted by atomic mass is 10.3. The predicted octanol–water partition coefficient (Wildman–Crippen LogP) is 0.348. The van der Waals surface area contributed by atoms with Crippen LogP contribution in [-0.4, -0.2) is 77.9 Å². The SMILES string of the molecule is CC(=O)N1CCCN(C(=O)c2ccc3n2CCCN(S(C)(=O)=O)C3)CC1. The van der Waals surface area contributed by atoms with Crippen molar-refractivity contribution in [2.24, 2.45) is 0 Å². The molecule has 1 fully saturated rings. The number of rotatable bonds is 2. The van der Waals surface area contributed by atoms with Crippen LogP contribution in [0.3, 0.4) is 0 Å². The van der Waals surface area contributed by atoms with Gasteiger partial charge in [0.05, 0.1) is 12.8 Å². The van der Waals surface area contributed by atoms with Gasteiger partial charge in [0.15, 0.2) is 0 Å². The van der Waals surface area contributed by atoms with Gasteiger partial charge in [-0.2, -0.15) is 4.31 Å². The summed E-state index contributed by atoms with van der Waals surface area (Å²) >= 11 is 0. The minimum atomic E-state index is -3.26. The first-order valence-electron chi connectivity index (χ1n) is 8.95. The Morgan fingerprint density at radius 3 is 2.27 bits per heavy atom. The standard InChI is InChI=1S/C17H26N4O4S/c1-14(22)18-7-3-8-19(12-11-18)17(23)16-6-5-15-13-20(26(2,24)25)9-4-10-21(15)16/h5-6H,3-4,7-13H2,1-2H3. The van der Waals surface area contributed by atoms with Gasteiger partial charge in [0.1, 0.15) is 5.69 Å². The van der Waals surface area contributed by atoms with Crippen molar-refractivity contribution in [2.75, 3.05) is 39.0 Å². The number of hydrogen-bond acceptors (Lipinski definition) is 4. The first kappa shape index (κ1) is 18.9. The molecule has 2 amide bonds. The minimum Gasteiger partial charge on any atom is -0.341 e. The van der Waals surface area contributed by atoms with Crippen LogP contribution in [0.5, 0.6) is 0 Å². The Bertz CT molecular complexity index is 802. The van der Waals surface area contributed by atoms with Crippen molar-refractivity contribution >= 4 is 21.8 Å². The highest BCUT2D eigenvalue weighted by Crippen LogP contribution is 2.20. The van der Waals surface area contributed by atoms with Gasteiger partial charge in [0, 0.05) is 51.9 Å². The summed E-state index contributed by atoms with van der Waals surface area (Å²) in [6.07, 6.45) is 2.66. The van der Waals surface area contributed by atoms with Crippen molar-refractivity contribution in [1.29, 1.82) is 0 Å². The molecule has 0 aliphatic carbocycles. The third-order valence-corrected chi connectivity index (χ3v) is 6.36. The topological polar surface area (TPSA) is 82.9 Å². The molecule has 0 aromatic carbocycles. The maximum Gasteiger partial charge on any atom is 0.270 e. The molecule has 0 atom stereocenters. The molecular weight excluding hydrogens is 356 g/mol. The summed E-state index contributed by atoms with van der Waals surface area (Å²) in [6.45, 7) is 5.31. The highest BCUT2D eigenvalue weighted by Gasteiger charge is 2.27. The lowest BCUT2D eigenvalue weighted by molar-refractivity contribution is -0.128. The van der Waals surface area contributed by atoms with Crippen molar-refractivity contribution in [3.05, 3.63) is 23.5 Å². The number of amides is 2. The zero-order valence-electron chi connectivity index (χ0n) is 15.3. The lowest BCUT2D eigenvalue weighted by Gasteiger charge is -2.22. The second-order valence-electron chi connectivity index (χ2n) is 6.96. The molecule has 3 rings (SSSR count). The van der Waals surface area contributed by atoms with Crippen LogP contribution in [0.2, 0.25) is 0 Å². The maximum absolute atomic E-state index is 13.0. The van der Waals surface area contributed by atoms with E-state index in [-0.39, 0.29) is 11.8 Å². The van der Waals surface area contributed by atoms with Gasteiger partial charge in [0.25, 0.3) is 5.91 Å². The zero-order valence-corrected chi connectivity index (χ0v) is 16.2. The summed E-state index contributed by atoms with van der Waals surface area (Å²) < 4.78 is 27.1. The monoisotopic (exact) mass is 382 g/mol. The van der Waals surface area contributed by atoms with E-state index in [4.69, 9.17) is 0 Å². The largest absolute Gasteiger partial charge is 0.341 e. The van der Waals surface area contributed by atoms with Crippen LogP contribution < -0.4 is 0 Å². The van der Waals surface area contributed by atoms with E-state index in [0.717, 1.165) is 12.1 Å². The van der Waals surface area contributed by atoms with E-state index in [9.17, 15) is 18.0 Å². The average molecular weight is 382 g/mol. The molecule has 0 unspecified atom stereocenters. The van der Waals surface area contributed by atoms with Gasteiger partial charge in [-0.3, -0.25) is 9.59 Å². The fraction of sp³-hybridized carbons (Fsp3) is 0.647. The molecule has 2 aliphatic heterocycles. The number of hydrogen-bond donors (Lipinski definition) is 0. The van der Waals surface area contributed by atoms with Crippen molar-refractivity contribution < 1.29 is 18.0 Å². The first-order chi connectivity index (χ1) is 12.3. The molecule has 26 heavy (non-hydrogen) atoms. The van der Waals surface area contributed by atoms with Crippen molar-refractivity contribution in [2.45, 2.75) is 32.9 Å². The summed E-state index contributed by atoms with van der Waals surface area (Å²) in [7, 11) is -3.26. The highest BCUT2D eigenvalue weighted by atomic mass is 32.2. The third-order valence-electron chi connectivity index (χ3n) is 5.12. The Kier molecular flexibility index (Phi) is 5.38. The quantitative estimate of drug-likeness (QED) is 0.739. The second kappa shape index (κ2) is 7.40. The molecule has 3 heterocycles. The second-order valence-corrected chi connectivity index (χ2v) is 8.95. The molecule has 0 spiro atoms. The molecule has 1 aromatic heterocycles. The van der Waals surface area contributed by atoms with Crippen LogP contribution in [0.1, 0.15) is 35.9 Å². The Hall–Kier alpha value is -1.87. The molecule has 0 bridgehead atoms. The molecule has 0 saturated carbocycles. The van der Waals surface area contributed by atoms with Crippen LogP contribution in [-0.2, 0) is 27.9 Å². The number of carbonyl (C=O) groups excluding carboxylic acids is 2. The molecule has 1 aromatic rings. The van der Waals surface area contributed by atoms with Crippen LogP contribution >= 0.6 is 0 Å². The van der Waals surface area contributed by atoms with Crippen molar-refractivity contribution in [3.63, 3.8) is 0 Å². The molecule has 9 heteroatoms. The van der Waals surface area contributed by atoms with Gasteiger partial charge in [-0.1, -0.05) is 0 Å². The number of nitrogens with zero attached hydrogens (tertiary/aromatic N) is 4. The highest BCUT2D eigenvalue weighted by molar-refractivity contribution is 7.88. The van der Waals surface area contributed by atoms with Crippen LogP contribution in [0.15, 0.2) is 12.1 Å². The molecular formula is C17H26N4O4S. The predicted molar refractivity (Wildman–Crippen MR) is 97.1 cm³/mol. The molecule has 2 aliphatic rings. The van der Waals surface area contributed by atoms with E-state index in [1.807, 2.05) is 10.6 Å². The lowest BCUT2D eigenvalue weighted by Crippen LogP contribution is -2.37. The van der Waals surface area contributed by atoms with E-state index in [0.29, 0.717) is 57.9 Å². The van der Waals surface area contributed by atoms with Gasteiger partial charge < -0.3 is 14.4 Å². The summed E-state index contributed by atoms with van der Waals surface area (Å²) in [5.41, 5.74) is 1.45. The average Bonchev–Trinajstić information content (AvgIpc) is 2.77. The van der Waals surface area contributed by atoms with Gasteiger partial charge >= 0.3 is 0 Å². The summed E-state index contributed by atoms with van der Waals surface area (Å²) in [4.78, 5) is 28.2. The third kappa shape index (κ3) is 3.93. The van der Waals surface area contributed by atoms with Gasteiger partial charge in [-0.05, 0) is 25.0 Å². The Balaban J connectivity index is 1.78. The maximum atomic E-state index is 13.0. The fourth-order valence-corrected chi connectivity index (χ4v) is 4.47. The molecule has 0 N–H and O–H groups in total. The van der Waals surface area contributed by atoms with E-state index < -0.39 is 10.0 Å². The first-order valence-corrected chi connectivity index (χ1v) is 10.8. The van der Waals surface area contributed by atoms with E-state index in [2.05, 4.69) is 0 Å². The number of sulfonamides is 1. The van der Waals surface area contributed by atoms with Crippen LogP contribution in [0, 0.1) is 0 Å². The Morgan fingerprint density at radius 2 is 1.58 bits per heavy atom.